The van der Waals surface area contributed by atoms with Gasteiger partial charge >= 0.3 is 5.97 Å². The molecule has 2 N–H and O–H groups in total. The zero-order valence-electron chi connectivity index (χ0n) is 12.0. The van der Waals surface area contributed by atoms with Gasteiger partial charge in [-0.25, -0.2) is 4.79 Å². The molecular formula is C15H18N2O4. The molecule has 2 aromatic rings. The second kappa shape index (κ2) is 6.30. The molecule has 2 aromatic heterocycles. The molecule has 0 radical (unpaired) electrons. The Hall–Kier alpha value is -2.50. The van der Waals surface area contributed by atoms with Gasteiger partial charge in [0, 0.05) is 18.4 Å². The van der Waals surface area contributed by atoms with E-state index in [1.54, 1.807) is 29.8 Å². The lowest BCUT2D eigenvalue weighted by Gasteiger charge is -2.08. The number of aryl methyl sites for hydroxylation is 2. The van der Waals surface area contributed by atoms with Crippen LogP contribution >= 0.6 is 0 Å². The van der Waals surface area contributed by atoms with Gasteiger partial charge in [-0.2, -0.15) is 0 Å². The van der Waals surface area contributed by atoms with E-state index in [1.165, 1.54) is 6.26 Å². The summed E-state index contributed by atoms with van der Waals surface area (Å²) in [6, 6.07) is 3.51. The maximum Gasteiger partial charge on any atom is 0.337 e. The van der Waals surface area contributed by atoms with Gasteiger partial charge in [-0.05, 0) is 31.5 Å². The van der Waals surface area contributed by atoms with Crippen molar-refractivity contribution in [1.29, 1.82) is 0 Å². The van der Waals surface area contributed by atoms with Crippen LogP contribution < -0.4 is 5.32 Å². The third-order valence-corrected chi connectivity index (χ3v) is 3.30. The summed E-state index contributed by atoms with van der Waals surface area (Å²) in [6.45, 7) is 4.56. The van der Waals surface area contributed by atoms with Crippen molar-refractivity contribution in [3.8, 4) is 0 Å². The summed E-state index contributed by atoms with van der Waals surface area (Å²) in [4.78, 5) is 23.3. The van der Waals surface area contributed by atoms with Crippen LogP contribution in [0.3, 0.4) is 0 Å². The molecule has 21 heavy (non-hydrogen) atoms. The molecule has 112 valence electrons. The molecule has 0 unspecified atom stereocenters. The van der Waals surface area contributed by atoms with E-state index in [0.29, 0.717) is 30.1 Å². The van der Waals surface area contributed by atoms with Crippen LogP contribution in [0.15, 0.2) is 29.0 Å². The predicted octanol–water partition coefficient (Wildman–Crippen LogP) is 1.97. The molecule has 0 atom stereocenters. The van der Waals surface area contributed by atoms with E-state index < -0.39 is 5.97 Å². The Labute approximate surface area is 122 Å². The van der Waals surface area contributed by atoms with Gasteiger partial charge in [-0.1, -0.05) is 0 Å². The van der Waals surface area contributed by atoms with Crippen molar-refractivity contribution in [2.45, 2.75) is 33.4 Å². The van der Waals surface area contributed by atoms with E-state index >= 15 is 0 Å². The Morgan fingerprint density at radius 1 is 1.43 bits per heavy atom. The SMILES string of the molecule is CCn1cc(C)c(C(=O)O)c1CC(=O)NCc1ccco1. The van der Waals surface area contributed by atoms with Crippen LogP contribution in [-0.4, -0.2) is 21.6 Å². The van der Waals surface area contributed by atoms with E-state index in [4.69, 9.17) is 4.42 Å². The monoisotopic (exact) mass is 290 g/mol. The minimum atomic E-state index is -1.01. The number of carboxylic acid groups (broad SMARTS) is 1. The largest absolute Gasteiger partial charge is 0.478 e. The topological polar surface area (TPSA) is 84.5 Å². The number of aromatic carboxylic acids is 1. The van der Waals surface area contributed by atoms with Gasteiger partial charge in [-0.3, -0.25) is 4.79 Å². The van der Waals surface area contributed by atoms with Crippen LogP contribution in [-0.2, 0) is 24.3 Å². The summed E-state index contributed by atoms with van der Waals surface area (Å²) < 4.78 is 6.93. The molecule has 0 aliphatic carbocycles. The molecule has 0 saturated heterocycles. The number of nitrogens with one attached hydrogen (secondary N) is 1. The number of furan rings is 1. The predicted molar refractivity (Wildman–Crippen MR) is 76.1 cm³/mol. The summed E-state index contributed by atoms with van der Waals surface area (Å²) >= 11 is 0. The minimum Gasteiger partial charge on any atom is -0.478 e. The molecule has 6 nitrogen and oxygen atoms in total. The lowest BCUT2D eigenvalue weighted by atomic mass is 10.1. The number of carboxylic acids is 1. The Morgan fingerprint density at radius 2 is 2.19 bits per heavy atom. The number of amides is 1. The highest BCUT2D eigenvalue weighted by Crippen LogP contribution is 2.18. The third kappa shape index (κ3) is 3.34. The molecule has 0 bridgehead atoms. The molecule has 1 amide bonds. The average Bonchev–Trinajstić information content (AvgIpc) is 3.04. The molecule has 2 rings (SSSR count). The Bertz CT molecular complexity index is 641. The molecule has 0 saturated carbocycles. The summed E-state index contributed by atoms with van der Waals surface area (Å²) in [5, 5.41) is 12.0. The van der Waals surface area contributed by atoms with Gasteiger partial charge in [0.15, 0.2) is 0 Å². The Balaban J connectivity index is 2.11. The maximum absolute atomic E-state index is 12.0. The standard InChI is InChI=1S/C15H18N2O4/c1-3-17-9-10(2)14(15(19)20)12(17)7-13(18)16-8-11-5-4-6-21-11/h4-6,9H,3,7-8H2,1-2H3,(H,16,18)(H,19,20). The van der Waals surface area contributed by atoms with Crippen LogP contribution in [0.4, 0.5) is 0 Å². The highest BCUT2D eigenvalue weighted by Gasteiger charge is 2.20. The van der Waals surface area contributed by atoms with Gasteiger partial charge in [-0.15, -0.1) is 0 Å². The number of rotatable bonds is 6. The van der Waals surface area contributed by atoms with Gasteiger partial charge in [0.25, 0.3) is 0 Å². The van der Waals surface area contributed by atoms with Gasteiger partial charge in [0.2, 0.25) is 5.91 Å². The van der Waals surface area contributed by atoms with Crippen molar-refractivity contribution in [2.24, 2.45) is 0 Å². The first-order chi connectivity index (χ1) is 10.0. The van der Waals surface area contributed by atoms with Crippen LogP contribution in [0.1, 0.15) is 34.3 Å². The highest BCUT2D eigenvalue weighted by atomic mass is 16.4. The van der Waals surface area contributed by atoms with Crippen molar-refractivity contribution in [1.82, 2.24) is 9.88 Å². The van der Waals surface area contributed by atoms with Crippen molar-refractivity contribution in [3.63, 3.8) is 0 Å². The van der Waals surface area contributed by atoms with E-state index in [-0.39, 0.29) is 17.9 Å². The van der Waals surface area contributed by atoms with E-state index in [1.807, 2.05) is 6.92 Å². The minimum absolute atomic E-state index is 0.0318. The van der Waals surface area contributed by atoms with Crippen LogP contribution in [0, 0.1) is 6.92 Å². The van der Waals surface area contributed by atoms with Crippen molar-refractivity contribution in [3.05, 3.63) is 47.2 Å². The first kappa shape index (κ1) is 14.9. The van der Waals surface area contributed by atoms with Gasteiger partial charge in [0.05, 0.1) is 24.8 Å². The van der Waals surface area contributed by atoms with Crippen LogP contribution in [0.2, 0.25) is 0 Å². The molecule has 6 heteroatoms. The first-order valence-electron chi connectivity index (χ1n) is 6.74. The van der Waals surface area contributed by atoms with Crippen molar-refractivity contribution >= 4 is 11.9 Å². The molecule has 0 fully saturated rings. The number of hydrogen-bond donors (Lipinski definition) is 2. The third-order valence-electron chi connectivity index (χ3n) is 3.30. The summed E-state index contributed by atoms with van der Waals surface area (Å²) in [5.74, 6) is -0.584. The van der Waals surface area contributed by atoms with Crippen LogP contribution in [0.25, 0.3) is 0 Å². The quantitative estimate of drug-likeness (QED) is 0.851. The fourth-order valence-electron chi connectivity index (χ4n) is 2.33. The Kier molecular flexibility index (Phi) is 4.47. The second-order valence-corrected chi connectivity index (χ2v) is 4.76. The molecule has 0 aliphatic heterocycles. The average molecular weight is 290 g/mol. The lowest BCUT2D eigenvalue weighted by molar-refractivity contribution is -0.120. The molecule has 2 heterocycles. The number of aromatic nitrogens is 1. The second-order valence-electron chi connectivity index (χ2n) is 4.76. The van der Waals surface area contributed by atoms with Crippen molar-refractivity contribution in [2.75, 3.05) is 0 Å². The zero-order chi connectivity index (χ0) is 15.4. The van der Waals surface area contributed by atoms with E-state index in [9.17, 15) is 14.7 Å². The number of nitrogens with zero attached hydrogens (tertiary/aromatic N) is 1. The fraction of sp³-hybridized carbons (Fsp3) is 0.333. The number of hydrogen-bond acceptors (Lipinski definition) is 3. The maximum atomic E-state index is 12.0. The smallest absolute Gasteiger partial charge is 0.337 e. The molecule has 0 spiro atoms. The first-order valence-corrected chi connectivity index (χ1v) is 6.74. The van der Waals surface area contributed by atoms with Crippen LogP contribution in [0.5, 0.6) is 0 Å². The van der Waals surface area contributed by atoms with Gasteiger partial charge < -0.3 is 19.4 Å². The van der Waals surface area contributed by atoms with Crippen molar-refractivity contribution < 1.29 is 19.1 Å². The van der Waals surface area contributed by atoms with Gasteiger partial charge in [0.1, 0.15) is 5.76 Å². The lowest BCUT2D eigenvalue weighted by Crippen LogP contribution is -2.26. The van der Waals surface area contributed by atoms with E-state index in [0.717, 1.165) is 0 Å². The highest BCUT2D eigenvalue weighted by molar-refractivity contribution is 5.93. The number of carbonyl (C=O) groups is 2. The summed E-state index contributed by atoms with van der Waals surface area (Å²) in [5.41, 5.74) is 1.41. The normalized spacial score (nSPS) is 10.6. The summed E-state index contributed by atoms with van der Waals surface area (Å²) in [6.07, 6.45) is 3.33. The van der Waals surface area contributed by atoms with E-state index in [2.05, 4.69) is 5.32 Å². The molecule has 0 aliphatic rings. The summed E-state index contributed by atoms with van der Waals surface area (Å²) in [7, 11) is 0. The Morgan fingerprint density at radius 3 is 2.76 bits per heavy atom. The molecule has 0 aromatic carbocycles. The fourth-order valence-corrected chi connectivity index (χ4v) is 2.33. The zero-order valence-corrected chi connectivity index (χ0v) is 12.0. The molecular weight excluding hydrogens is 272 g/mol. The number of carbonyl (C=O) groups excluding carboxylic acids is 1.